The predicted octanol–water partition coefficient (Wildman–Crippen LogP) is 3.38. The molecule has 8 nitrogen and oxygen atoms in total. The standard InChI is InChI=1S/C10H7BrN2O2.C9H10O4/c11-7-1-3-8(4-2-7)13-9(10(14)15)5-6-12-13;1-9(8(12)13)4-2-3-6(5-9)7(10)11/h1-6H,(H,14,15);2-4H,5H2,1H3,(H,10,11)(H,12,13). The Bertz CT molecular complexity index is 961. The number of carboxylic acids is 3. The van der Waals surface area contributed by atoms with Gasteiger partial charge in [0.05, 0.1) is 17.3 Å². The highest BCUT2D eigenvalue weighted by Gasteiger charge is 2.34. The Morgan fingerprint density at radius 3 is 2.25 bits per heavy atom. The third kappa shape index (κ3) is 4.95. The summed E-state index contributed by atoms with van der Waals surface area (Å²) >= 11 is 3.31. The second-order valence-electron chi connectivity index (χ2n) is 6.17. The Balaban J connectivity index is 0.000000203. The van der Waals surface area contributed by atoms with Crippen molar-refractivity contribution < 1.29 is 29.7 Å². The van der Waals surface area contributed by atoms with Crippen LogP contribution in [0.3, 0.4) is 0 Å². The number of allylic oxidation sites excluding steroid dienone is 2. The van der Waals surface area contributed by atoms with Crippen molar-refractivity contribution in [1.29, 1.82) is 0 Å². The smallest absolute Gasteiger partial charge is 0.354 e. The van der Waals surface area contributed by atoms with E-state index >= 15 is 0 Å². The minimum atomic E-state index is -1.08. The van der Waals surface area contributed by atoms with Crippen LogP contribution in [0, 0.1) is 5.41 Å². The molecule has 3 rings (SSSR count). The average Bonchev–Trinajstić information content (AvgIpc) is 3.13. The van der Waals surface area contributed by atoms with Gasteiger partial charge in [0.15, 0.2) is 5.69 Å². The summed E-state index contributed by atoms with van der Waals surface area (Å²) < 4.78 is 2.32. The Hall–Kier alpha value is -3.20. The fourth-order valence-corrected chi connectivity index (χ4v) is 2.70. The van der Waals surface area contributed by atoms with Gasteiger partial charge in [0.25, 0.3) is 0 Å². The fraction of sp³-hybridized carbons (Fsp3) is 0.158. The van der Waals surface area contributed by atoms with Gasteiger partial charge in [0, 0.05) is 10.0 Å². The maximum atomic E-state index is 10.9. The van der Waals surface area contributed by atoms with Crippen LogP contribution in [-0.4, -0.2) is 43.0 Å². The quantitative estimate of drug-likeness (QED) is 0.653. The highest BCUT2D eigenvalue weighted by atomic mass is 79.9. The molecule has 1 atom stereocenters. The minimum Gasteiger partial charge on any atom is -0.481 e. The van der Waals surface area contributed by atoms with E-state index in [4.69, 9.17) is 15.3 Å². The highest BCUT2D eigenvalue weighted by Crippen LogP contribution is 2.31. The molecular weight excluding hydrogens is 432 g/mol. The zero-order valence-electron chi connectivity index (χ0n) is 14.7. The number of benzene rings is 1. The molecule has 0 amide bonds. The molecule has 1 aliphatic carbocycles. The van der Waals surface area contributed by atoms with Crippen molar-refractivity contribution in [2.45, 2.75) is 13.3 Å². The number of hydrogen-bond acceptors (Lipinski definition) is 4. The molecule has 2 aromatic rings. The number of nitrogens with zero attached hydrogens (tertiary/aromatic N) is 2. The largest absolute Gasteiger partial charge is 0.481 e. The first-order valence-electron chi connectivity index (χ1n) is 8.02. The van der Waals surface area contributed by atoms with Crippen LogP contribution < -0.4 is 0 Å². The molecule has 1 aliphatic rings. The summed E-state index contributed by atoms with van der Waals surface area (Å²) in [5, 5.41) is 30.3. The second kappa shape index (κ2) is 8.66. The van der Waals surface area contributed by atoms with Crippen LogP contribution in [0.1, 0.15) is 23.8 Å². The van der Waals surface area contributed by atoms with E-state index in [0.717, 1.165) is 10.2 Å². The number of hydrogen-bond donors (Lipinski definition) is 3. The number of halogens is 1. The van der Waals surface area contributed by atoms with Crippen LogP contribution in [-0.2, 0) is 9.59 Å². The monoisotopic (exact) mass is 448 g/mol. The van der Waals surface area contributed by atoms with Crippen molar-refractivity contribution in [3.05, 3.63) is 70.5 Å². The first kappa shape index (κ1) is 21.1. The van der Waals surface area contributed by atoms with Crippen LogP contribution in [0.5, 0.6) is 0 Å². The Labute approximate surface area is 168 Å². The summed E-state index contributed by atoms with van der Waals surface area (Å²) in [6.45, 7) is 1.50. The SMILES string of the molecule is CC1(C(=O)O)C=CC=C(C(=O)O)C1.O=C(O)c1ccnn1-c1ccc(Br)cc1. The molecule has 0 bridgehead atoms. The number of aliphatic carboxylic acids is 2. The number of aromatic nitrogens is 2. The van der Waals surface area contributed by atoms with E-state index in [1.54, 1.807) is 12.1 Å². The molecule has 0 fully saturated rings. The third-order valence-corrected chi connectivity index (χ3v) is 4.54. The molecule has 0 aliphatic heterocycles. The van der Waals surface area contributed by atoms with E-state index in [0.29, 0.717) is 0 Å². The van der Waals surface area contributed by atoms with Crippen LogP contribution in [0.2, 0.25) is 0 Å². The summed E-state index contributed by atoms with van der Waals surface area (Å²) in [6.07, 6.45) is 5.90. The number of carbonyl (C=O) groups is 3. The van der Waals surface area contributed by atoms with Gasteiger partial charge < -0.3 is 15.3 Å². The van der Waals surface area contributed by atoms with Crippen LogP contribution in [0.15, 0.2) is 64.8 Å². The summed E-state index contributed by atoms with van der Waals surface area (Å²) in [5.74, 6) is -3.05. The molecule has 1 unspecified atom stereocenters. The van der Waals surface area contributed by atoms with E-state index < -0.39 is 23.3 Å². The maximum absolute atomic E-state index is 10.9. The molecule has 0 radical (unpaired) electrons. The molecule has 3 N–H and O–H groups in total. The minimum absolute atomic E-state index is 0.0359. The lowest BCUT2D eigenvalue weighted by Crippen LogP contribution is -2.28. The van der Waals surface area contributed by atoms with Gasteiger partial charge in [-0.15, -0.1) is 0 Å². The number of aromatic carboxylic acids is 1. The molecule has 9 heteroatoms. The molecule has 28 heavy (non-hydrogen) atoms. The normalized spacial score (nSPS) is 17.9. The Morgan fingerprint density at radius 2 is 1.71 bits per heavy atom. The summed E-state index contributed by atoms with van der Waals surface area (Å²) in [5.41, 5.74) is -0.0760. The molecule has 1 aromatic heterocycles. The maximum Gasteiger partial charge on any atom is 0.354 e. The summed E-state index contributed by atoms with van der Waals surface area (Å²) in [4.78, 5) is 32.2. The topological polar surface area (TPSA) is 130 Å². The lowest BCUT2D eigenvalue weighted by atomic mass is 9.80. The van der Waals surface area contributed by atoms with Gasteiger partial charge in [-0.3, -0.25) is 4.79 Å². The Morgan fingerprint density at radius 1 is 1.07 bits per heavy atom. The lowest BCUT2D eigenvalue weighted by Gasteiger charge is -2.23. The van der Waals surface area contributed by atoms with Gasteiger partial charge in [-0.1, -0.05) is 34.2 Å². The summed E-state index contributed by atoms with van der Waals surface area (Å²) in [6, 6.07) is 8.72. The van der Waals surface area contributed by atoms with Crippen molar-refractivity contribution in [3.8, 4) is 5.69 Å². The van der Waals surface area contributed by atoms with E-state index in [2.05, 4.69) is 21.0 Å². The molecule has 0 saturated carbocycles. The van der Waals surface area contributed by atoms with Crippen molar-refractivity contribution in [1.82, 2.24) is 9.78 Å². The molecule has 0 saturated heterocycles. The van der Waals surface area contributed by atoms with E-state index in [1.165, 1.54) is 42.1 Å². The molecule has 1 heterocycles. The highest BCUT2D eigenvalue weighted by molar-refractivity contribution is 9.10. The molecular formula is C19H17BrN2O6. The lowest BCUT2D eigenvalue weighted by molar-refractivity contribution is -0.145. The van der Waals surface area contributed by atoms with Gasteiger partial charge in [0.2, 0.25) is 0 Å². The zero-order chi connectivity index (χ0) is 20.9. The Kier molecular flexibility index (Phi) is 6.53. The van der Waals surface area contributed by atoms with Crippen molar-refractivity contribution in [2.75, 3.05) is 0 Å². The third-order valence-electron chi connectivity index (χ3n) is 4.02. The first-order chi connectivity index (χ1) is 13.1. The van der Waals surface area contributed by atoms with E-state index in [1.807, 2.05) is 12.1 Å². The predicted molar refractivity (Wildman–Crippen MR) is 103 cm³/mol. The second-order valence-corrected chi connectivity index (χ2v) is 7.08. The van der Waals surface area contributed by atoms with E-state index in [-0.39, 0.29) is 17.7 Å². The van der Waals surface area contributed by atoms with Gasteiger partial charge in [-0.05, 0) is 43.7 Å². The van der Waals surface area contributed by atoms with Gasteiger partial charge in [-0.25, -0.2) is 14.3 Å². The fourth-order valence-electron chi connectivity index (χ4n) is 2.44. The van der Waals surface area contributed by atoms with Gasteiger partial charge >= 0.3 is 17.9 Å². The van der Waals surface area contributed by atoms with E-state index in [9.17, 15) is 14.4 Å². The number of carboxylic acid groups (broad SMARTS) is 3. The molecule has 0 spiro atoms. The van der Waals surface area contributed by atoms with Crippen LogP contribution in [0.4, 0.5) is 0 Å². The van der Waals surface area contributed by atoms with Gasteiger partial charge in [-0.2, -0.15) is 5.10 Å². The average molecular weight is 449 g/mol. The number of rotatable bonds is 4. The molecule has 1 aromatic carbocycles. The van der Waals surface area contributed by atoms with Crippen molar-refractivity contribution in [3.63, 3.8) is 0 Å². The zero-order valence-corrected chi connectivity index (χ0v) is 16.3. The van der Waals surface area contributed by atoms with Crippen molar-refractivity contribution in [2.24, 2.45) is 5.41 Å². The van der Waals surface area contributed by atoms with Crippen molar-refractivity contribution >= 4 is 33.8 Å². The first-order valence-corrected chi connectivity index (χ1v) is 8.82. The van der Waals surface area contributed by atoms with Crippen LogP contribution >= 0.6 is 15.9 Å². The molecule has 146 valence electrons. The van der Waals surface area contributed by atoms with Gasteiger partial charge in [0.1, 0.15) is 0 Å². The summed E-state index contributed by atoms with van der Waals surface area (Å²) in [7, 11) is 0. The van der Waals surface area contributed by atoms with Crippen LogP contribution in [0.25, 0.3) is 5.69 Å².